The predicted octanol–water partition coefficient (Wildman–Crippen LogP) is 4.76. The molecule has 1 atom stereocenters. The van der Waals surface area contributed by atoms with Gasteiger partial charge in [-0.1, -0.05) is 66.3 Å². The number of hydrogen-bond donors (Lipinski definition) is 1. The van der Waals surface area contributed by atoms with Gasteiger partial charge >= 0.3 is 0 Å². The molecule has 0 saturated heterocycles. The van der Waals surface area contributed by atoms with Crippen LogP contribution >= 0.6 is 23.4 Å². The van der Waals surface area contributed by atoms with Crippen LogP contribution in [0.3, 0.4) is 0 Å². The molecule has 0 aliphatic carbocycles. The zero-order chi connectivity index (χ0) is 22.7. The standard InChI is InChI=1S/C24H22ClN3O3S/c1-3-12-31-17-10-8-15(9-11-17)18-13-20(29)26-22-21(18)23(30)27-24(28(22)2)32-14-16-6-4-5-7-19(16)25/h3-11,18H,1,12-14H2,2H3,(H,26,29). The lowest BCUT2D eigenvalue weighted by Crippen LogP contribution is -2.33. The van der Waals surface area contributed by atoms with Gasteiger partial charge in [0.25, 0.3) is 5.56 Å². The number of hydrogen-bond acceptors (Lipinski definition) is 5. The highest BCUT2D eigenvalue weighted by atomic mass is 35.5. The molecule has 8 heteroatoms. The summed E-state index contributed by atoms with van der Waals surface area (Å²) in [5, 5.41) is 4.05. The quantitative estimate of drug-likeness (QED) is 0.308. The highest BCUT2D eigenvalue weighted by Gasteiger charge is 2.32. The summed E-state index contributed by atoms with van der Waals surface area (Å²) < 4.78 is 7.30. The van der Waals surface area contributed by atoms with Gasteiger partial charge in [0.2, 0.25) is 5.91 Å². The van der Waals surface area contributed by atoms with Crippen molar-refractivity contribution in [2.24, 2.45) is 7.05 Å². The summed E-state index contributed by atoms with van der Waals surface area (Å²) >= 11 is 7.65. The maximum absolute atomic E-state index is 13.1. The van der Waals surface area contributed by atoms with Gasteiger partial charge in [-0.15, -0.1) is 0 Å². The van der Waals surface area contributed by atoms with Crippen LogP contribution in [0.15, 0.2) is 71.1 Å². The Morgan fingerprint density at radius 1 is 1.25 bits per heavy atom. The molecule has 1 unspecified atom stereocenters. The van der Waals surface area contributed by atoms with E-state index >= 15 is 0 Å². The second kappa shape index (κ2) is 9.63. The fourth-order valence-electron chi connectivity index (χ4n) is 3.66. The second-order valence-corrected chi connectivity index (χ2v) is 8.72. The summed E-state index contributed by atoms with van der Waals surface area (Å²) in [7, 11) is 1.80. The molecular weight excluding hydrogens is 446 g/mol. The van der Waals surface area contributed by atoms with Crippen molar-refractivity contribution >= 4 is 35.1 Å². The number of fused-ring (bicyclic) bond motifs is 1. The lowest BCUT2D eigenvalue weighted by molar-refractivity contribution is -0.116. The van der Waals surface area contributed by atoms with Gasteiger partial charge in [0.15, 0.2) is 5.16 Å². The van der Waals surface area contributed by atoms with Crippen molar-refractivity contribution in [1.82, 2.24) is 9.55 Å². The van der Waals surface area contributed by atoms with Crippen LogP contribution in [0.25, 0.3) is 0 Å². The van der Waals surface area contributed by atoms with Gasteiger partial charge in [0, 0.05) is 30.2 Å². The predicted molar refractivity (Wildman–Crippen MR) is 128 cm³/mol. The SMILES string of the molecule is C=CCOc1ccc(C2CC(=O)Nc3c2c(=O)nc(SCc2ccccc2Cl)n3C)cc1. The van der Waals surface area contributed by atoms with Gasteiger partial charge in [0.1, 0.15) is 18.2 Å². The molecule has 0 fully saturated rings. The minimum absolute atomic E-state index is 0.141. The Balaban J connectivity index is 1.66. The summed E-state index contributed by atoms with van der Waals surface area (Å²) in [6.45, 7) is 4.05. The molecular formula is C24H22ClN3O3S. The van der Waals surface area contributed by atoms with Gasteiger partial charge < -0.3 is 14.6 Å². The molecule has 164 valence electrons. The molecule has 1 aliphatic rings. The van der Waals surface area contributed by atoms with Crippen molar-refractivity contribution in [3.8, 4) is 5.75 Å². The number of thioether (sulfide) groups is 1. The number of nitrogens with zero attached hydrogens (tertiary/aromatic N) is 2. The van der Waals surface area contributed by atoms with E-state index in [2.05, 4.69) is 16.9 Å². The smallest absolute Gasteiger partial charge is 0.279 e. The maximum atomic E-state index is 13.1. The third kappa shape index (κ3) is 4.59. The Morgan fingerprint density at radius 2 is 2.00 bits per heavy atom. The van der Waals surface area contributed by atoms with Gasteiger partial charge in [0.05, 0.1) is 5.56 Å². The molecule has 1 amide bonds. The van der Waals surface area contributed by atoms with E-state index in [1.165, 1.54) is 11.8 Å². The number of aromatic nitrogens is 2. The summed E-state index contributed by atoms with van der Waals surface area (Å²) in [5.74, 6) is 1.23. The molecule has 2 aromatic carbocycles. The molecule has 0 spiro atoms. The number of anilines is 1. The van der Waals surface area contributed by atoms with E-state index in [1.54, 1.807) is 17.7 Å². The molecule has 0 saturated carbocycles. The van der Waals surface area contributed by atoms with Crippen molar-refractivity contribution in [1.29, 1.82) is 0 Å². The van der Waals surface area contributed by atoms with Crippen LogP contribution in [-0.2, 0) is 17.6 Å². The first-order valence-corrected chi connectivity index (χ1v) is 11.4. The van der Waals surface area contributed by atoms with Crippen LogP contribution in [0, 0.1) is 0 Å². The highest BCUT2D eigenvalue weighted by molar-refractivity contribution is 7.98. The van der Waals surface area contributed by atoms with E-state index in [0.717, 1.165) is 11.1 Å². The van der Waals surface area contributed by atoms with E-state index in [9.17, 15) is 9.59 Å². The van der Waals surface area contributed by atoms with E-state index < -0.39 is 0 Å². The van der Waals surface area contributed by atoms with Crippen molar-refractivity contribution in [2.75, 3.05) is 11.9 Å². The minimum atomic E-state index is -0.374. The Kier molecular flexibility index (Phi) is 6.67. The fourth-order valence-corrected chi connectivity index (χ4v) is 4.91. The lowest BCUT2D eigenvalue weighted by atomic mass is 9.87. The molecule has 1 N–H and O–H groups in total. The number of carbonyl (C=O) groups is 1. The fraction of sp³-hybridized carbons (Fsp3) is 0.208. The van der Waals surface area contributed by atoms with Crippen LogP contribution in [0.5, 0.6) is 5.75 Å². The maximum Gasteiger partial charge on any atom is 0.279 e. The van der Waals surface area contributed by atoms with Gasteiger partial charge in [-0.2, -0.15) is 4.98 Å². The topological polar surface area (TPSA) is 73.2 Å². The number of benzene rings is 2. The molecule has 2 heterocycles. The number of carbonyl (C=O) groups excluding carboxylic acids is 1. The normalized spacial score (nSPS) is 15.1. The van der Waals surface area contributed by atoms with E-state index in [1.807, 2.05) is 48.5 Å². The van der Waals surface area contributed by atoms with Crippen LogP contribution in [0.2, 0.25) is 5.02 Å². The summed E-state index contributed by atoms with van der Waals surface area (Å²) in [5.41, 5.74) is 1.97. The molecule has 1 aliphatic heterocycles. The molecule has 1 aromatic heterocycles. The average molecular weight is 468 g/mol. The van der Waals surface area contributed by atoms with Crippen LogP contribution in [0.1, 0.15) is 29.0 Å². The Labute approximate surface area is 195 Å². The number of amides is 1. The van der Waals surface area contributed by atoms with E-state index in [0.29, 0.717) is 39.7 Å². The van der Waals surface area contributed by atoms with Crippen molar-refractivity contribution in [3.63, 3.8) is 0 Å². The number of ether oxygens (including phenoxy) is 1. The summed E-state index contributed by atoms with van der Waals surface area (Å²) in [4.78, 5) is 29.9. The molecule has 0 bridgehead atoms. The highest BCUT2D eigenvalue weighted by Crippen LogP contribution is 2.36. The molecule has 6 nitrogen and oxygen atoms in total. The van der Waals surface area contributed by atoms with Crippen molar-refractivity contribution in [2.45, 2.75) is 23.2 Å². The summed E-state index contributed by atoms with van der Waals surface area (Å²) in [6.07, 6.45) is 1.86. The second-order valence-electron chi connectivity index (χ2n) is 7.37. The first-order valence-electron chi connectivity index (χ1n) is 10.1. The Morgan fingerprint density at radius 3 is 2.72 bits per heavy atom. The van der Waals surface area contributed by atoms with Gasteiger partial charge in [-0.3, -0.25) is 9.59 Å². The molecule has 32 heavy (non-hydrogen) atoms. The molecule has 0 radical (unpaired) electrons. The first-order chi connectivity index (χ1) is 15.5. The third-order valence-corrected chi connectivity index (χ3v) is 6.71. The minimum Gasteiger partial charge on any atom is -0.490 e. The zero-order valence-electron chi connectivity index (χ0n) is 17.5. The molecule has 4 rings (SSSR count). The number of halogens is 1. The van der Waals surface area contributed by atoms with Crippen molar-refractivity contribution in [3.05, 3.63) is 93.3 Å². The first kappa shape index (κ1) is 22.2. The zero-order valence-corrected chi connectivity index (χ0v) is 19.1. The monoisotopic (exact) mass is 467 g/mol. The van der Waals surface area contributed by atoms with Crippen LogP contribution < -0.4 is 15.6 Å². The average Bonchev–Trinajstić information content (AvgIpc) is 2.79. The van der Waals surface area contributed by atoms with E-state index in [-0.39, 0.29) is 23.8 Å². The largest absolute Gasteiger partial charge is 0.490 e. The number of nitrogens with one attached hydrogen (secondary N) is 1. The third-order valence-electron chi connectivity index (χ3n) is 5.27. The number of rotatable bonds is 7. The Hall–Kier alpha value is -3.03. The molecule has 3 aromatic rings. The summed E-state index contributed by atoms with van der Waals surface area (Å²) in [6, 6.07) is 15.0. The van der Waals surface area contributed by atoms with Gasteiger partial charge in [-0.05, 0) is 29.3 Å². The van der Waals surface area contributed by atoms with Crippen LogP contribution in [-0.4, -0.2) is 22.1 Å². The lowest BCUT2D eigenvalue weighted by Gasteiger charge is -2.27. The van der Waals surface area contributed by atoms with Gasteiger partial charge in [-0.25, -0.2) is 0 Å². The van der Waals surface area contributed by atoms with Crippen molar-refractivity contribution < 1.29 is 9.53 Å². The Bertz CT molecular complexity index is 1220. The van der Waals surface area contributed by atoms with E-state index in [4.69, 9.17) is 16.3 Å². The van der Waals surface area contributed by atoms with Crippen LogP contribution in [0.4, 0.5) is 5.82 Å².